The van der Waals surface area contributed by atoms with Crippen molar-refractivity contribution in [3.8, 4) is 11.6 Å². The Hall–Kier alpha value is -1.84. The molecular weight excluding hydrogens is 190 g/mol. The number of aryl methyl sites for hydroxylation is 2. The third-order valence-corrected chi connectivity index (χ3v) is 2.18. The molecule has 0 fully saturated rings. The van der Waals surface area contributed by atoms with E-state index in [1.165, 1.54) is 0 Å². The third-order valence-electron chi connectivity index (χ3n) is 2.18. The summed E-state index contributed by atoms with van der Waals surface area (Å²) in [6, 6.07) is 5.80. The van der Waals surface area contributed by atoms with E-state index in [0.717, 1.165) is 17.1 Å². The van der Waals surface area contributed by atoms with E-state index in [2.05, 4.69) is 10.1 Å². The van der Waals surface area contributed by atoms with Gasteiger partial charge in [0.15, 0.2) is 0 Å². The number of pyridine rings is 1. The van der Waals surface area contributed by atoms with Crippen LogP contribution in [0.2, 0.25) is 0 Å². The minimum Gasteiger partial charge on any atom is -0.481 e. The third kappa shape index (κ3) is 1.83. The van der Waals surface area contributed by atoms with Crippen molar-refractivity contribution >= 4 is 0 Å². The highest BCUT2D eigenvalue weighted by Gasteiger charge is 2.04. The predicted molar refractivity (Wildman–Crippen MR) is 57.4 cm³/mol. The van der Waals surface area contributed by atoms with Gasteiger partial charge >= 0.3 is 0 Å². The summed E-state index contributed by atoms with van der Waals surface area (Å²) in [5.74, 6) is 0.597. The topological polar surface area (TPSA) is 39.9 Å². The molecule has 0 amide bonds. The van der Waals surface area contributed by atoms with Gasteiger partial charge in [-0.25, -0.2) is 9.67 Å². The van der Waals surface area contributed by atoms with Crippen molar-refractivity contribution in [2.24, 2.45) is 0 Å². The van der Waals surface area contributed by atoms with Crippen molar-refractivity contribution < 1.29 is 4.74 Å². The van der Waals surface area contributed by atoms with Crippen molar-refractivity contribution in [2.75, 3.05) is 7.11 Å². The van der Waals surface area contributed by atoms with Crippen LogP contribution in [0.3, 0.4) is 0 Å². The molecule has 0 aromatic carbocycles. The van der Waals surface area contributed by atoms with Crippen molar-refractivity contribution in [3.05, 3.63) is 35.8 Å². The Morgan fingerprint density at radius 1 is 1.27 bits per heavy atom. The smallest absolute Gasteiger partial charge is 0.215 e. The van der Waals surface area contributed by atoms with E-state index in [1.54, 1.807) is 13.3 Å². The van der Waals surface area contributed by atoms with E-state index in [0.29, 0.717) is 5.88 Å². The van der Waals surface area contributed by atoms with Crippen LogP contribution in [0.15, 0.2) is 24.4 Å². The fourth-order valence-corrected chi connectivity index (χ4v) is 1.53. The second kappa shape index (κ2) is 3.73. The summed E-state index contributed by atoms with van der Waals surface area (Å²) in [6.07, 6.45) is 1.71. The van der Waals surface area contributed by atoms with Crippen LogP contribution in [0.5, 0.6) is 5.88 Å². The Bertz CT molecular complexity index is 476. The number of aromatic nitrogens is 3. The van der Waals surface area contributed by atoms with Crippen LogP contribution in [0.25, 0.3) is 5.69 Å². The van der Waals surface area contributed by atoms with E-state index < -0.39 is 0 Å². The molecule has 2 aromatic heterocycles. The number of hydrogen-bond acceptors (Lipinski definition) is 3. The maximum Gasteiger partial charge on any atom is 0.215 e. The molecule has 0 aliphatic rings. The summed E-state index contributed by atoms with van der Waals surface area (Å²) in [7, 11) is 1.60. The molecule has 0 radical (unpaired) electrons. The molecule has 4 heteroatoms. The Morgan fingerprint density at radius 2 is 2.07 bits per heavy atom. The van der Waals surface area contributed by atoms with Crippen molar-refractivity contribution in [3.63, 3.8) is 0 Å². The molecular formula is C11H13N3O. The van der Waals surface area contributed by atoms with Gasteiger partial charge in [0, 0.05) is 18.0 Å². The van der Waals surface area contributed by atoms with E-state index >= 15 is 0 Å². The normalized spacial score (nSPS) is 10.3. The average molecular weight is 203 g/mol. The molecule has 4 nitrogen and oxygen atoms in total. The first-order chi connectivity index (χ1) is 7.20. The lowest BCUT2D eigenvalue weighted by atomic mass is 10.3. The standard InChI is InChI=1S/C11H13N3O/c1-8-6-9(2)14(13-8)10-4-5-12-11(7-10)15-3/h4-7H,1-3H3. The van der Waals surface area contributed by atoms with Gasteiger partial charge in [-0.3, -0.25) is 0 Å². The largest absolute Gasteiger partial charge is 0.481 e. The molecule has 0 aliphatic heterocycles. The minimum atomic E-state index is 0.597. The van der Waals surface area contributed by atoms with E-state index in [-0.39, 0.29) is 0 Å². The molecule has 0 bridgehead atoms. The molecule has 0 saturated carbocycles. The van der Waals surface area contributed by atoms with Gasteiger partial charge in [-0.1, -0.05) is 0 Å². The molecule has 15 heavy (non-hydrogen) atoms. The quantitative estimate of drug-likeness (QED) is 0.748. The molecule has 0 saturated heterocycles. The highest BCUT2D eigenvalue weighted by Crippen LogP contribution is 2.15. The summed E-state index contributed by atoms with van der Waals surface area (Å²) in [4.78, 5) is 4.06. The Labute approximate surface area is 88.5 Å². The Morgan fingerprint density at radius 3 is 2.67 bits per heavy atom. The zero-order chi connectivity index (χ0) is 10.8. The maximum atomic E-state index is 5.07. The van der Waals surface area contributed by atoms with Crippen LogP contribution in [-0.2, 0) is 0 Å². The van der Waals surface area contributed by atoms with Gasteiger partial charge in [-0.15, -0.1) is 0 Å². The maximum absolute atomic E-state index is 5.07. The average Bonchev–Trinajstić information content (AvgIpc) is 2.58. The van der Waals surface area contributed by atoms with Gasteiger partial charge in [-0.05, 0) is 26.0 Å². The first-order valence-corrected chi connectivity index (χ1v) is 4.74. The fourth-order valence-electron chi connectivity index (χ4n) is 1.53. The van der Waals surface area contributed by atoms with Gasteiger partial charge in [0.2, 0.25) is 5.88 Å². The number of ether oxygens (including phenoxy) is 1. The monoisotopic (exact) mass is 203 g/mol. The molecule has 2 heterocycles. The number of hydrogen-bond donors (Lipinski definition) is 0. The Balaban J connectivity index is 2.49. The Kier molecular flexibility index (Phi) is 2.41. The van der Waals surface area contributed by atoms with Crippen LogP contribution in [0.1, 0.15) is 11.4 Å². The van der Waals surface area contributed by atoms with Crippen LogP contribution in [0.4, 0.5) is 0 Å². The predicted octanol–water partition coefficient (Wildman–Crippen LogP) is 1.89. The molecule has 0 aliphatic carbocycles. The lowest BCUT2D eigenvalue weighted by Crippen LogP contribution is -2.00. The molecule has 0 atom stereocenters. The molecule has 2 aromatic rings. The summed E-state index contributed by atoms with van der Waals surface area (Å²) < 4.78 is 6.95. The summed E-state index contributed by atoms with van der Waals surface area (Å²) in [5.41, 5.74) is 3.07. The SMILES string of the molecule is COc1cc(-n2nc(C)cc2C)ccn1. The summed E-state index contributed by atoms with van der Waals surface area (Å²) in [6.45, 7) is 3.99. The first kappa shape index (κ1) is 9.71. The van der Waals surface area contributed by atoms with Gasteiger partial charge in [-0.2, -0.15) is 5.10 Å². The number of methoxy groups -OCH3 is 1. The summed E-state index contributed by atoms with van der Waals surface area (Å²) >= 11 is 0. The van der Waals surface area contributed by atoms with Crippen molar-refractivity contribution in [1.82, 2.24) is 14.8 Å². The van der Waals surface area contributed by atoms with E-state index in [4.69, 9.17) is 4.74 Å². The second-order valence-electron chi connectivity index (χ2n) is 3.40. The van der Waals surface area contributed by atoms with Crippen LogP contribution in [0, 0.1) is 13.8 Å². The zero-order valence-corrected chi connectivity index (χ0v) is 9.06. The molecule has 78 valence electrons. The van der Waals surface area contributed by atoms with E-state index in [1.807, 2.05) is 36.7 Å². The van der Waals surface area contributed by atoms with Gasteiger partial charge < -0.3 is 4.74 Å². The lowest BCUT2D eigenvalue weighted by Gasteiger charge is -2.05. The summed E-state index contributed by atoms with van der Waals surface area (Å²) in [5, 5.41) is 4.39. The second-order valence-corrected chi connectivity index (χ2v) is 3.40. The van der Waals surface area contributed by atoms with Gasteiger partial charge in [0.1, 0.15) is 0 Å². The fraction of sp³-hybridized carbons (Fsp3) is 0.273. The number of rotatable bonds is 2. The van der Waals surface area contributed by atoms with Gasteiger partial charge in [0.05, 0.1) is 18.5 Å². The molecule has 2 rings (SSSR count). The van der Waals surface area contributed by atoms with Crippen molar-refractivity contribution in [1.29, 1.82) is 0 Å². The highest BCUT2D eigenvalue weighted by molar-refractivity contribution is 5.35. The van der Waals surface area contributed by atoms with Crippen LogP contribution >= 0.6 is 0 Å². The highest BCUT2D eigenvalue weighted by atomic mass is 16.5. The molecule has 0 unspecified atom stereocenters. The van der Waals surface area contributed by atoms with Gasteiger partial charge in [0.25, 0.3) is 0 Å². The molecule has 0 spiro atoms. The molecule has 0 N–H and O–H groups in total. The van der Waals surface area contributed by atoms with E-state index in [9.17, 15) is 0 Å². The van der Waals surface area contributed by atoms with Crippen molar-refractivity contribution in [2.45, 2.75) is 13.8 Å². The minimum absolute atomic E-state index is 0.597. The lowest BCUT2D eigenvalue weighted by molar-refractivity contribution is 0.397. The zero-order valence-electron chi connectivity index (χ0n) is 9.06. The van der Waals surface area contributed by atoms with Crippen LogP contribution in [-0.4, -0.2) is 21.9 Å². The number of nitrogens with zero attached hydrogens (tertiary/aromatic N) is 3. The first-order valence-electron chi connectivity index (χ1n) is 4.74. The van der Waals surface area contributed by atoms with Crippen LogP contribution < -0.4 is 4.74 Å².